The van der Waals surface area contributed by atoms with Crippen LogP contribution in [0.2, 0.25) is 0 Å². The molecule has 1 rings (SSSR count). The number of hydrogen-bond acceptors (Lipinski definition) is 5. The highest BCUT2D eigenvalue weighted by atomic mass is 16.5. The normalized spacial score (nSPS) is 17.2. The first-order valence-corrected chi connectivity index (χ1v) is 5.32. The molecule has 1 aliphatic heterocycles. The van der Waals surface area contributed by atoms with Gasteiger partial charge in [-0.05, 0) is 5.57 Å². The average Bonchev–Trinajstić information content (AvgIpc) is 2.83. The number of carbonyl (C=O) groups is 2. The minimum atomic E-state index is -0.596. The van der Waals surface area contributed by atoms with Crippen molar-refractivity contribution in [3.8, 4) is 0 Å². The predicted molar refractivity (Wildman–Crippen MR) is 62.3 cm³/mol. The lowest BCUT2D eigenvalue weighted by Crippen LogP contribution is -2.42. The highest BCUT2D eigenvalue weighted by Crippen LogP contribution is 2.16. The van der Waals surface area contributed by atoms with Gasteiger partial charge in [-0.1, -0.05) is 18.7 Å². The molecule has 1 atom stereocenters. The molecule has 0 aromatic rings. The van der Waals surface area contributed by atoms with Crippen molar-refractivity contribution in [2.45, 2.75) is 12.5 Å². The molecule has 0 spiro atoms. The predicted octanol–water partition coefficient (Wildman–Crippen LogP) is 0.519. The van der Waals surface area contributed by atoms with Crippen molar-refractivity contribution in [1.29, 1.82) is 0 Å². The van der Waals surface area contributed by atoms with Crippen LogP contribution >= 0.6 is 0 Å². The SMILES string of the molecule is C=CC1=CCN([C@@H](CC(=O)OC)C(=O)OC)C1. The van der Waals surface area contributed by atoms with Gasteiger partial charge in [-0.25, -0.2) is 0 Å². The summed E-state index contributed by atoms with van der Waals surface area (Å²) in [4.78, 5) is 24.7. The molecule has 17 heavy (non-hydrogen) atoms. The number of esters is 2. The highest BCUT2D eigenvalue weighted by molar-refractivity contribution is 5.82. The van der Waals surface area contributed by atoms with Gasteiger partial charge in [0.1, 0.15) is 6.04 Å². The molecule has 5 heteroatoms. The van der Waals surface area contributed by atoms with E-state index in [2.05, 4.69) is 11.3 Å². The van der Waals surface area contributed by atoms with E-state index in [1.807, 2.05) is 11.0 Å². The Morgan fingerprint density at radius 1 is 1.53 bits per heavy atom. The van der Waals surface area contributed by atoms with Crippen LogP contribution in [0.25, 0.3) is 0 Å². The summed E-state index contributed by atoms with van der Waals surface area (Å²) >= 11 is 0. The number of carbonyl (C=O) groups excluding carboxylic acids is 2. The first-order valence-electron chi connectivity index (χ1n) is 5.32. The van der Waals surface area contributed by atoms with Crippen LogP contribution in [0.15, 0.2) is 24.3 Å². The van der Waals surface area contributed by atoms with E-state index < -0.39 is 18.0 Å². The zero-order chi connectivity index (χ0) is 12.8. The van der Waals surface area contributed by atoms with E-state index in [-0.39, 0.29) is 6.42 Å². The topological polar surface area (TPSA) is 55.8 Å². The van der Waals surface area contributed by atoms with Crippen molar-refractivity contribution < 1.29 is 19.1 Å². The van der Waals surface area contributed by atoms with Gasteiger partial charge in [0.05, 0.1) is 20.6 Å². The molecule has 0 aromatic carbocycles. The molecule has 94 valence electrons. The summed E-state index contributed by atoms with van der Waals surface area (Å²) < 4.78 is 9.28. The van der Waals surface area contributed by atoms with Gasteiger partial charge in [0.25, 0.3) is 0 Å². The van der Waals surface area contributed by atoms with Crippen LogP contribution in [0.1, 0.15) is 6.42 Å². The van der Waals surface area contributed by atoms with Gasteiger partial charge < -0.3 is 9.47 Å². The summed E-state index contributed by atoms with van der Waals surface area (Å²) in [5.74, 6) is -0.846. The zero-order valence-corrected chi connectivity index (χ0v) is 10.1. The molecule has 0 radical (unpaired) electrons. The lowest BCUT2D eigenvalue weighted by atomic mass is 10.1. The third kappa shape index (κ3) is 3.42. The number of hydrogen-bond donors (Lipinski definition) is 0. The van der Waals surface area contributed by atoms with Crippen molar-refractivity contribution in [1.82, 2.24) is 4.90 Å². The van der Waals surface area contributed by atoms with Crippen LogP contribution in [0.3, 0.4) is 0 Å². The maximum Gasteiger partial charge on any atom is 0.323 e. The fraction of sp³-hybridized carbons (Fsp3) is 0.500. The molecule has 1 heterocycles. The minimum absolute atomic E-state index is 0.00142. The molecule has 0 amide bonds. The third-order valence-electron chi connectivity index (χ3n) is 2.74. The largest absolute Gasteiger partial charge is 0.469 e. The number of nitrogens with zero attached hydrogens (tertiary/aromatic N) is 1. The smallest absolute Gasteiger partial charge is 0.323 e. The number of rotatable bonds is 5. The van der Waals surface area contributed by atoms with E-state index >= 15 is 0 Å². The second kappa shape index (κ2) is 6.20. The van der Waals surface area contributed by atoms with Crippen molar-refractivity contribution in [3.63, 3.8) is 0 Å². The van der Waals surface area contributed by atoms with Crippen LogP contribution in [-0.2, 0) is 19.1 Å². The molecule has 0 saturated heterocycles. The summed E-state index contributed by atoms with van der Waals surface area (Å²) in [7, 11) is 2.61. The van der Waals surface area contributed by atoms with Crippen LogP contribution < -0.4 is 0 Å². The zero-order valence-electron chi connectivity index (χ0n) is 10.1. The number of methoxy groups -OCH3 is 2. The maximum atomic E-state index is 11.6. The van der Waals surface area contributed by atoms with Gasteiger partial charge in [-0.15, -0.1) is 0 Å². The molecule has 0 N–H and O–H groups in total. The Morgan fingerprint density at radius 2 is 2.24 bits per heavy atom. The van der Waals surface area contributed by atoms with Crippen LogP contribution in [-0.4, -0.2) is 50.2 Å². The second-order valence-corrected chi connectivity index (χ2v) is 3.73. The summed E-state index contributed by atoms with van der Waals surface area (Å²) in [6.45, 7) is 4.88. The van der Waals surface area contributed by atoms with Gasteiger partial charge >= 0.3 is 11.9 Å². The quantitative estimate of drug-likeness (QED) is 0.655. The molecule has 0 bridgehead atoms. The Balaban J connectivity index is 2.68. The lowest BCUT2D eigenvalue weighted by Gasteiger charge is -2.24. The van der Waals surface area contributed by atoms with E-state index in [4.69, 9.17) is 4.74 Å². The van der Waals surface area contributed by atoms with Gasteiger partial charge in [0.15, 0.2) is 0 Å². The van der Waals surface area contributed by atoms with Crippen molar-refractivity contribution in [2.24, 2.45) is 0 Å². The first-order chi connectivity index (χ1) is 8.12. The van der Waals surface area contributed by atoms with E-state index in [1.54, 1.807) is 6.08 Å². The lowest BCUT2D eigenvalue weighted by molar-refractivity contribution is -0.153. The molecule has 1 aliphatic rings. The van der Waals surface area contributed by atoms with Gasteiger partial charge in [-0.2, -0.15) is 0 Å². The highest BCUT2D eigenvalue weighted by Gasteiger charge is 2.31. The van der Waals surface area contributed by atoms with Crippen molar-refractivity contribution >= 4 is 11.9 Å². The second-order valence-electron chi connectivity index (χ2n) is 3.73. The first kappa shape index (κ1) is 13.4. The fourth-order valence-corrected chi connectivity index (χ4v) is 1.72. The van der Waals surface area contributed by atoms with Gasteiger partial charge in [0, 0.05) is 13.1 Å². The maximum absolute atomic E-state index is 11.6. The molecule has 0 fully saturated rings. The molecule has 0 aliphatic carbocycles. The number of ether oxygens (including phenoxy) is 2. The van der Waals surface area contributed by atoms with Gasteiger partial charge in [-0.3, -0.25) is 14.5 Å². The molecule has 5 nitrogen and oxygen atoms in total. The monoisotopic (exact) mass is 239 g/mol. The van der Waals surface area contributed by atoms with Crippen LogP contribution in [0.4, 0.5) is 0 Å². The Morgan fingerprint density at radius 3 is 2.71 bits per heavy atom. The molecular weight excluding hydrogens is 222 g/mol. The van der Waals surface area contributed by atoms with E-state index in [9.17, 15) is 9.59 Å². The molecular formula is C12H17NO4. The summed E-state index contributed by atoms with van der Waals surface area (Å²) in [5.41, 5.74) is 1.05. The standard InChI is InChI=1S/C12H17NO4/c1-4-9-5-6-13(8-9)10(12(15)17-3)7-11(14)16-2/h4-5,10H,1,6-8H2,2-3H3/t10-/m0/s1. The van der Waals surface area contributed by atoms with Crippen molar-refractivity contribution in [2.75, 3.05) is 27.3 Å². The fourth-order valence-electron chi connectivity index (χ4n) is 1.72. The Hall–Kier alpha value is -1.62. The summed E-state index contributed by atoms with van der Waals surface area (Å²) in [6.07, 6.45) is 3.72. The Kier molecular flexibility index (Phi) is 4.90. The minimum Gasteiger partial charge on any atom is -0.469 e. The van der Waals surface area contributed by atoms with E-state index in [0.29, 0.717) is 13.1 Å². The van der Waals surface area contributed by atoms with E-state index in [0.717, 1.165) is 5.57 Å². The summed E-state index contributed by atoms with van der Waals surface area (Å²) in [5, 5.41) is 0. The molecule has 0 aromatic heterocycles. The van der Waals surface area contributed by atoms with Gasteiger partial charge in [0.2, 0.25) is 0 Å². The van der Waals surface area contributed by atoms with Crippen molar-refractivity contribution in [3.05, 3.63) is 24.3 Å². The molecule has 0 saturated carbocycles. The van der Waals surface area contributed by atoms with Crippen LogP contribution in [0, 0.1) is 0 Å². The molecule has 0 unspecified atom stereocenters. The third-order valence-corrected chi connectivity index (χ3v) is 2.74. The van der Waals surface area contributed by atoms with Crippen LogP contribution in [0.5, 0.6) is 0 Å². The average molecular weight is 239 g/mol. The Bertz CT molecular complexity index is 348. The van der Waals surface area contributed by atoms with E-state index in [1.165, 1.54) is 14.2 Å². The summed E-state index contributed by atoms with van der Waals surface area (Å²) in [6, 6.07) is -0.596. The Labute approximate surface area is 101 Å².